The SMILES string of the molecule is CCCCC(CC)C(C)N=O. The fourth-order valence-corrected chi connectivity index (χ4v) is 1.34. The minimum Gasteiger partial charge on any atom is -0.151 e. The van der Waals surface area contributed by atoms with Crippen molar-refractivity contribution >= 4 is 0 Å². The van der Waals surface area contributed by atoms with Crippen molar-refractivity contribution in [3.05, 3.63) is 4.91 Å². The monoisotopic (exact) mass is 157 g/mol. The molecule has 0 saturated carbocycles. The predicted octanol–water partition coefficient (Wildman–Crippen LogP) is 3.36. The molecular weight excluding hydrogens is 138 g/mol. The largest absolute Gasteiger partial charge is 0.151 e. The van der Waals surface area contributed by atoms with Crippen LogP contribution in [0.4, 0.5) is 0 Å². The summed E-state index contributed by atoms with van der Waals surface area (Å²) in [5.41, 5.74) is 0. The molecule has 0 saturated heterocycles. The molecule has 0 radical (unpaired) electrons. The molecule has 11 heavy (non-hydrogen) atoms. The fourth-order valence-electron chi connectivity index (χ4n) is 1.34. The minimum absolute atomic E-state index is 0.00606. The van der Waals surface area contributed by atoms with Gasteiger partial charge in [-0.1, -0.05) is 38.3 Å². The van der Waals surface area contributed by atoms with Crippen LogP contribution in [0.15, 0.2) is 5.18 Å². The summed E-state index contributed by atoms with van der Waals surface area (Å²) in [6.45, 7) is 6.21. The van der Waals surface area contributed by atoms with Crippen LogP contribution in [0.25, 0.3) is 0 Å². The second kappa shape index (κ2) is 6.32. The zero-order valence-electron chi connectivity index (χ0n) is 7.84. The molecule has 0 N–H and O–H groups in total. The predicted molar refractivity (Wildman–Crippen MR) is 48.6 cm³/mol. The Morgan fingerprint density at radius 1 is 1.36 bits per heavy atom. The zero-order valence-corrected chi connectivity index (χ0v) is 7.84. The van der Waals surface area contributed by atoms with Crippen molar-refractivity contribution in [2.45, 2.75) is 52.5 Å². The minimum atomic E-state index is 0.00606. The lowest BCUT2D eigenvalue weighted by atomic mass is 9.93. The third-order valence-electron chi connectivity index (χ3n) is 2.30. The van der Waals surface area contributed by atoms with Crippen LogP contribution in [0.3, 0.4) is 0 Å². The normalized spacial score (nSPS) is 15.9. The van der Waals surface area contributed by atoms with Gasteiger partial charge in [0.2, 0.25) is 0 Å². The molecule has 0 spiro atoms. The van der Waals surface area contributed by atoms with Crippen LogP contribution in [-0.2, 0) is 0 Å². The van der Waals surface area contributed by atoms with Gasteiger partial charge in [0.05, 0.1) is 6.04 Å². The van der Waals surface area contributed by atoms with Gasteiger partial charge in [-0.05, 0) is 19.3 Å². The van der Waals surface area contributed by atoms with Crippen LogP contribution < -0.4 is 0 Å². The molecule has 0 fully saturated rings. The molecule has 0 rings (SSSR count). The summed E-state index contributed by atoms with van der Waals surface area (Å²) in [5, 5.41) is 3.06. The summed E-state index contributed by atoms with van der Waals surface area (Å²) >= 11 is 0. The van der Waals surface area contributed by atoms with E-state index < -0.39 is 0 Å². The van der Waals surface area contributed by atoms with Gasteiger partial charge < -0.3 is 0 Å². The van der Waals surface area contributed by atoms with E-state index in [1.165, 1.54) is 12.8 Å². The first kappa shape index (κ1) is 10.6. The van der Waals surface area contributed by atoms with Crippen molar-refractivity contribution in [1.82, 2.24) is 0 Å². The Hall–Kier alpha value is -0.400. The highest BCUT2D eigenvalue weighted by Gasteiger charge is 2.14. The maximum absolute atomic E-state index is 10.2. The summed E-state index contributed by atoms with van der Waals surface area (Å²) in [4.78, 5) is 10.2. The lowest BCUT2D eigenvalue weighted by molar-refractivity contribution is 0.389. The molecule has 0 aromatic carbocycles. The van der Waals surface area contributed by atoms with E-state index in [1.54, 1.807) is 0 Å². The van der Waals surface area contributed by atoms with Crippen molar-refractivity contribution in [3.63, 3.8) is 0 Å². The number of unbranched alkanes of at least 4 members (excludes halogenated alkanes) is 1. The summed E-state index contributed by atoms with van der Waals surface area (Å²) in [5.74, 6) is 0.507. The van der Waals surface area contributed by atoms with E-state index >= 15 is 0 Å². The van der Waals surface area contributed by atoms with Crippen molar-refractivity contribution in [2.24, 2.45) is 11.1 Å². The third kappa shape index (κ3) is 4.12. The van der Waals surface area contributed by atoms with Crippen LogP contribution in [0.1, 0.15) is 46.5 Å². The summed E-state index contributed by atoms with van der Waals surface area (Å²) in [6.07, 6.45) is 4.66. The standard InChI is InChI=1S/C9H19NO/c1-4-6-7-9(5-2)8(3)10-11/h8-9H,4-7H2,1-3H3. The van der Waals surface area contributed by atoms with E-state index in [9.17, 15) is 4.91 Å². The van der Waals surface area contributed by atoms with Crippen molar-refractivity contribution in [2.75, 3.05) is 0 Å². The molecule has 0 amide bonds. The lowest BCUT2D eigenvalue weighted by Gasteiger charge is -2.15. The van der Waals surface area contributed by atoms with Crippen molar-refractivity contribution in [1.29, 1.82) is 0 Å². The molecule has 0 aliphatic heterocycles. The lowest BCUT2D eigenvalue weighted by Crippen LogP contribution is -2.13. The van der Waals surface area contributed by atoms with Gasteiger partial charge in [0.15, 0.2) is 0 Å². The van der Waals surface area contributed by atoms with E-state index in [1.807, 2.05) is 6.92 Å². The van der Waals surface area contributed by atoms with E-state index in [0.717, 1.165) is 12.8 Å². The maximum Gasteiger partial charge on any atom is 0.0919 e. The number of nitrogens with zero attached hydrogens (tertiary/aromatic N) is 1. The highest BCUT2D eigenvalue weighted by Crippen LogP contribution is 2.18. The van der Waals surface area contributed by atoms with Crippen molar-refractivity contribution in [3.8, 4) is 0 Å². The van der Waals surface area contributed by atoms with Crippen LogP contribution in [-0.4, -0.2) is 6.04 Å². The summed E-state index contributed by atoms with van der Waals surface area (Å²) in [6, 6.07) is 0.00606. The Morgan fingerprint density at radius 3 is 2.36 bits per heavy atom. The van der Waals surface area contributed by atoms with Gasteiger partial charge in [0, 0.05) is 0 Å². The zero-order chi connectivity index (χ0) is 8.69. The Kier molecular flexibility index (Phi) is 6.09. The van der Waals surface area contributed by atoms with Crippen LogP contribution in [0.2, 0.25) is 0 Å². The molecule has 0 aromatic rings. The van der Waals surface area contributed by atoms with Crippen LogP contribution in [0, 0.1) is 10.8 Å². The van der Waals surface area contributed by atoms with Gasteiger partial charge in [-0.25, -0.2) is 0 Å². The summed E-state index contributed by atoms with van der Waals surface area (Å²) < 4.78 is 0. The Morgan fingerprint density at radius 2 is 2.00 bits per heavy atom. The van der Waals surface area contributed by atoms with Gasteiger partial charge >= 0.3 is 0 Å². The second-order valence-corrected chi connectivity index (χ2v) is 3.16. The van der Waals surface area contributed by atoms with E-state index in [4.69, 9.17) is 0 Å². The highest BCUT2D eigenvalue weighted by molar-refractivity contribution is 4.69. The van der Waals surface area contributed by atoms with E-state index in [2.05, 4.69) is 19.0 Å². The Bertz CT molecular complexity index is 104. The average Bonchev–Trinajstić information content (AvgIpc) is 2.05. The van der Waals surface area contributed by atoms with Gasteiger partial charge in [-0.15, -0.1) is 0 Å². The van der Waals surface area contributed by atoms with Gasteiger partial charge in [0.25, 0.3) is 0 Å². The molecular formula is C9H19NO. The van der Waals surface area contributed by atoms with Gasteiger partial charge in [-0.2, -0.15) is 4.91 Å². The van der Waals surface area contributed by atoms with Crippen LogP contribution in [0.5, 0.6) is 0 Å². The molecule has 0 bridgehead atoms. The molecule has 0 heterocycles. The second-order valence-electron chi connectivity index (χ2n) is 3.16. The fraction of sp³-hybridized carbons (Fsp3) is 1.00. The average molecular weight is 157 g/mol. The first-order valence-corrected chi connectivity index (χ1v) is 4.58. The number of hydrogen-bond donors (Lipinski definition) is 0. The molecule has 2 atom stereocenters. The number of rotatable bonds is 6. The number of hydrogen-bond acceptors (Lipinski definition) is 2. The maximum atomic E-state index is 10.2. The quantitative estimate of drug-likeness (QED) is 0.543. The third-order valence-corrected chi connectivity index (χ3v) is 2.30. The topological polar surface area (TPSA) is 29.4 Å². The van der Waals surface area contributed by atoms with Gasteiger partial charge in [-0.3, -0.25) is 0 Å². The molecule has 0 aliphatic rings. The Balaban J connectivity index is 3.64. The smallest absolute Gasteiger partial charge is 0.0919 e. The molecule has 0 aliphatic carbocycles. The summed E-state index contributed by atoms with van der Waals surface area (Å²) in [7, 11) is 0. The molecule has 0 aromatic heterocycles. The molecule has 2 unspecified atom stereocenters. The molecule has 2 nitrogen and oxygen atoms in total. The highest BCUT2D eigenvalue weighted by atomic mass is 16.3. The van der Waals surface area contributed by atoms with Crippen molar-refractivity contribution < 1.29 is 0 Å². The Labute approximate surface area is 69.4 Å². The molecule has 66 valence electrons. The van der Waals surface area contributed by atoms with Crippen LogP contribution >= 0.6 is 0 Å². The first-order chi connectivity index (χ1) is 5.26. The van der Waals surface area contributed by atoms with Gasteiger partial charge in [0.1, 0.15) is 0 Å². The first-order valence-electron chi connectivity index (χ1n) is 4.58. The van der Waals surface area contributed by atoms with E-state index in [-0.39, 0.29) is 6.04 Å². The number of nitroso groups, excluding NO2 is 1. The van der Waals surface area contributed by atoms with E-state index in [0.29, 0.717) is 5.92 Å². The molecule has 2 heteroatoms.